The van der Waals surface area contributed by atoms with Crippen molar-refractivity contribution in [1.29, 1.82) is 0 Å². The van der Waals surface area contributed by atoms with Crippen molar-refractivity contribution in [1.82, 2.24) is 0 Å². The lowest BCUT2D eigenvalue weighted by atomic mass is 9.79. The van der Waals surface area contributed by atoms with E-state index in [2.05, 4.69) is 6.92 Å². The minimum atomic E-state index is -0.0315. The first kappa shape index (κ1) is 13.3. The van der Waals surface area contributed by atoms with Crippen molar-refractivity contribution < 1.29 is 9.47 Å². The highest BCUT2D eigenvalue weighted by atomic mass is 16.5. The normalized spacial score (nSPS) is 38.5. The molecule has 1 aliphatic carbocycles. The second kappa shape index (κ2) is 6.17. The lowest BCUT2D eigenvalue weighted by Gasteiger charge is -2.39. The highest BCUT2D eigenvalue weighted by Gasteiger charge is 2.34. The van der Waals surface area contributed by atoms with Crippen LogP contribution in [-0.2, 0) is 9.47 Å². The van der Waals surface area contributed by atoms with E-state index in [1.54, 1.807) is 0 Å². The number of nitrogens with two attached hydrogens (primary N) is 1. The van der Waals surface area contributed by atoms with Gasteiger partial charge in [0.25, 0.3) is 0 Å². The molecule has 3 heteroatoms. The molecule has 2 aliphatic rings. The fraction of sp³-hybridized carbons (Fsp3) is 1.00. The zero-order chi connectivity index (χ0) is 12.1. The summed E-state index contributed by atoms with van der Waals surface area (Å²) in [5, 5.41) is 0. The van der Waals surface area contributed by atoms with Gasteiger partial charge in [-0.1, -0.05) is 19.8 Å². The van der Waals surface area contributed by atoms with Crippen LogP contribution in [0, 0.1) is 5.92 Å². The molecule has 0 aromatic rings. The molecule has 0 bridgehead atoms. The summed E-state index contributed by atoms with van der Waals surface area (Å²) in [6.45, 7) is 4.73. The van der Waals surface area contributed by atoms with Crippen LogP contribution in [0.2, 0.25) is 0 Å². The summed E-state index contributed by atoms with van der Waals surface area (Å²) in [6.07, 6.45) is 8.75. The van der Waals surface area contributed by atoms with Crippen molar-refractivity contribution in [3.63, 3.8) is 0 Å². The Balaban J connectivity index is 1.74. The Hall–Kier alpha value is -0.120. The first-order valence-electron chi connectivity index (χ1n) is 7.20. The zero-order valence-corrected chi connectivity index (χ0v) is 11.1. The van der Waals surface area contributed by atoms with Gasteiger partial charge < -0.3 is 15.2 Å². The van der Waals surface area contributed by atoms with E-state index in [1.807, 2.05) is 0 Å². The van der Waals surface area contributed by atoms with Crippen molar-refractivity contribution in [2.75, 3.05) is 19.8 Å². The number of hydrogen-bond donors (Lipinski definition) is 1. The van der Waals surface area contributed by atoms with Crippen LogP contribution in [0.4, 0.5) is 0 Å². The molecule has 3 nitrogen and oxygen atoms in total. The van der Waals surface area contributed by atoms with Crippen molar-refractivity contribution in [2.24, 2.45) is 11.7 Å². The Bertz CT molecular complexity index is 228. The molecule has 100 valence electrons. The molecule has 0 spiro atoms. The Morgan fingerprint density at radius 2 is 2.24 bits per heavy atom. The summed E-state index contributed by atoms with van der Waals surface area (Å²) in [5.41, 5.74) is 5.91. The Morgan fingerprint density at radius 1 is 1.35 bits per heavy atom. The van der Waals surface area contributed by atoms with Crippen LogP contribution in [0.5, 0.6) is 0 Å². The highest BCUT2D eigenvalue weighted by molar-refractivity contribution is 4.88. The van der Waals surface area contributed by atoms with E-state index in [0.29, 0.717) is 12.6 Å². The van der Waals surface area contributed by atoms with E-state index in [-0.39, 0.29) is 5.60 Å². The van der Waals surface area contributed by atoms with Crippen molar-refractivity contribution in [3.8, 4) is 0 Å². The molecule has 3 atom stereocenters. The molecular weight excluding hydrogens is 214 g/mol. The molecule has 17 heavy (non-hydrogen) atoms. The van der Waals surface area contributed by atoms with E-state index in [1.165, 1.54) is 25.7 Å². The van der Waals surface area contributed by atoms with Crippen LogP contribution in [-0.4, -0.2) is 31.5 Å². The number of ether oxygens (including phenoxy) is 2. The summed E-state index contributed by atoms with van der Waals surface area (Å²) < 4.78 is 11.8. The van der Waals surface area contributed by atoms with E-state index >= 15 is 0 Å². The maximum Gasteiger partial charge on any atom is 0.0806 e. The molecule has 2 rings (SSSR count). The fourth-order valence-electron chi connectivity index (χ4n) is 3.27. The number of hydrogen-bond acceptors (Lipinski definition) is 3. The molecule has 0 radical (unpaired) electrons. The van der Waals surface area contributed by atoms with Crippen LogP contribution in [0.15, 0.2) is 0 Å². The van der Waals surface area contributed by atoms with E-state index in [4.69, 9.17) is 15.2 Å². The topological polar surface area (TPSA) is 44.5 Å². The minimum Gasteiger partial charge on any atom is -0.378 e. The minimum absolute atomic E-state index is 0.0315. The van der Waals surface area contributed by atoms with Crippen molar-refractivity contribution in [3.05, 3.63) is 0 Å². The van der Waals surface area contributed by atoms with Crippen molar-refractivity contribution >= 4 is 0 Å². The Morgan fingerprint density at radius 3 is 2.88 bits per heavy atom. The van der Waals surface area contributed by atoms with E-state index in [0.717, 1.165) is 38.4 Å². The second-order valence-corrected chi connectivity index (χ2v) is 5.86. The summed E-state index contributed by atoms with van der Waals surface area (Å²) >= 11 is 0. The third kappa shape index (κ3) is 3.67. The average Bonchev–Trinajstić information content (AvgIpc) is 2.82. The molecular formula is C14H27NO2. The first-order chi connectivity index (χ1) is 8.24. The molecule has 1 aliphatic heterocycles. The van der Waals surface area contributed by atoms with Gasteiger partial charge in [-0.2, -0.15) is 0 Å². The Labute approximate surface area is 105 Å². The van der Waals surface area contributed by atoms with Gasteiger partial charge in [-0.25, -0.2) is 0 Å². The van der Waals surface area contributed by atoms with Gasteiger partial charge in [0.15, 0.2) is 0 Å². The van der Waals surface area contributed by atoms with Crippen molar-refractivity contribution in [2.45, 2.75) is 63.6 Å². The Kier molecular flexibility index (Phi) is 4.83. The van der Waals surface area contributed by atoms with Crippen LogP contribution in [0.25, 0.3) is 0 Å². The molecule has 1 saturated carbocycles. The van der Waals surface area contributed by atoms with Crippen LogP contribution < -0.4 is 5.73 Å². The fourth-order valence-corrected chi connectivity index (χ4v) is 3.27. The quantitative estimate of drug-likeness (QED) is 0.804. The lowest BCUT2D eigenvalue weighted by molar-refractivity contribution is -0.0830. The molecule has 0 aromatic carbocycles. The lowest BCUT2D eigenvalue weighted by Crippen LogP contribution is -2.45. The smallest absolute Gasteiger partial charge is 0.0806 e. The summed E-state index contributed by atoms with van der Waals surface area (Å²) in [6, 6.07) is 0. The predicted octanol–water partition coefficient (Wildman–Crippen LogP) is 2.48. The third-order valence-corrected chi connectivity index (χ3v) is 4.29. The standard InChI is InChI=1S/C14H27NO2/c1-12-4-2-7-14(10-12,11-15)17-9-6-13-5-3-8-16-13/h12-13H,2-11,15H2,1H3. The van der Waals surface area contributed by atoms with Gasteiger partial charge in [-0.15, -0.1) is 0 Å². The highest BCUT2D eigenvalue weighted by Crippen LogP contribution is 2.34. The summed E-state index contributed by atoms with van der Waals surface area (Å²) in [4.78, 5) is 0. The maximum atomic E-state index is 6.15. The molecule has 1 heterocycles. The van der Waals surface area contributed by atoms with Crippen LogP contribution in [0.1, 0.15) is 51.9 Å². The molecule has 1 saturated heterocycles. The van der Waals surface area contributed by atoms with Crippen LogP contribution in [0.3, 0.4) is 0 Å². The van der Waals surface area contributed by atoms with Crippen LogP contribution >= 0.6 is 0 Å². The molecule has 0 amide bonds. The van der Waals surface area contributed by atoms with Gasteiger partial charge in [0.05, 0.1) is 11.7 Å². The predicted molar refractivity (Wildman–Crippen MR) is 69.0 cm³/mol. The third-order valence-electron chi connectivity index (χ3n) is 4.29. The largest absolute Gasteiger partial charge is 0.378 e. The number of rotatable bonds is 5. The SMILES string of the molecule is CC1CCCC(CN)(OCCC2CCCO2)C1. The molecule has 2 fully saturated rings. The summed E-state index contributed by atoms with van der Waals surface area (Å²) in [7, 11) is 0. The zero-order valence-electron chi connectivity index (χ0n) is 11.1. The van der Waals surface area contributed by atoms with E-state index < -0.39 is 0 Å². The summed E-state index contributed by atoms with van der Waals surface area (Å²) in [5.74, 6) is 0.759. The van der Waals surface area contributed by atoms with Gasteiger partial charge in [0.1, 0.15) is 0 Å². The molecule has 2 N–H and O–H groups in total. The van der Waals surface area contributed by atoms with Gasteiger partial charge in [-0.05, 0) is 38.0 Å². The monoisotopic (exact) mass is 241 g/mol. The maximum absolute atomic E-state index is 6.15. The van der Waals surface area contributed by atoms with Gasteiger partial charge in [0, 0.05) is 19.8 Å². The van der Waals surface area contributed by atoms with E-state index in [9.17, 15) is 0 Å². The van der Waals surface area contributed by atoms with Gasteiger partial charge in [-0.3, -0.25) is 0 Å². The average molecular weight is 241 g/mol. The van der Waals surface area contributed by atoms with Gasteiger partial charge in [0.2, 0.25) is 0 Å². The molecule has 0 aromatic heterocycles. The molecule has 3 unspecified atom stereocenters. The van der Waals surface area contributed by atoms with Gasteiger partial charge >= 0.3 is 0 Å². The first-order valence-corrected chi connectivity index (χ1v) is 7.20. The second-order valence-electron chi connectivity index (χ2n) is 5.86.